The fourth-order valence-electron chi connectivity index (χ4n) is 9.28. The van der Waals surface area contributed by atoms with Gasteiger partial charge in [0.2, 0.25) is 5.91 Å². The Morgan fingerprint density at radius 2 is 0.779 bits per heavy atom. The van der Waals surface area contributed by atoms with Crippen LogP contribution in [0.1, 0.15) is 309 Å². The molecule has 3 N–H and O–H groups in total. The summed E-state index contributed by atoms with van der Waals surface area (Å²) in [6, 6.07) is -0.841. The van der Waals surface area contributed by atoms with Gasteiger partial charge in [-0.25, -0.2) is 4.57 Å². The topological polar surface area (TPSA) is 105 Å². The average Bonchev–Trinajstić information content (AvgIpc) is 3.30. The Kier molecular flexibility index (Phi) is 50.6. The van der Waals surface area contributed by atoms with Gasteiger partial charge in [-0.3, -0.25) is 13.8 Å². The second kappa shape index (κ2) is 51.2. The molecule has 0 bridgehead atoms. The molecule has 0 aliphatic rings. The molecule has 1 amide bonds. The summed E-state index contributed by atoms with van der Waals surface area (Å²) in [6.07, 6.45) is 63.4. The molecule has 0 saturated heterocycles. The molecule has 0 aromatic heterocycles. The van der Waals surface area contributed by atoms with Crippen LogP contribution in [0.2, 0.25) is 0 Å². The molecule has 1 unspecified atom stereocenters. The fraction of sp³-hybridized carbons (Fsp3) is 0.949. The largest absolute Gasteiger partial charge is 0.472 e. The van der Waals surface area contributed by atoms with Gasteiger partial charge in [0.1, 0.15) is 13.2 Å². The minimum Gasteiger partial charge on any atom is -0.387 e. The summed E-state index contributed by atoms with van der Waals surface area (Å²) < 4.78 is 23.7. The number of amides is 1. The van der Waals surface area contributed by atoms with Crippen LogP contribution in [0.25, 0.3) is 0 Å². The molecule has 0 rings (SSSR count). The summed E-state index contributed by atoms with van der Waals surface area (Å²) in [5, 5.41) is 13.9. The van der Waals surface area contributed by atoms with Crippen molar-refractivity contribution in [3.63, 3.8) is 0 Å². The monoisotopic (exact) mass is 984 g/mol. The first-order valence-corrected chi connectivity index (χ1v) is 31.6. The van der Waals surface area contributed by atoms with Gasteiger partial charge in [-0.2, -0.15) is 0 Å². The van der Waals surface area contributed by atoms with Gasteiger partial charge in [-0.1, -0.05) is 296 Å². The number of likely N-dealkylation sites (N-methyl/N-ethyl adjacent to an activating group) is 1. The zero-order valence-corrected chi connectivity index (χ0v) is 47.3. The summed E-state index contributed by atoms with van der Waals surface area (Å²) in [5.41, 5.74) is 0. The number of quaternary nitrogens is 1. The maximum atomic E-state index is 13.0. The molecule has 9 heteroatoms. The van der Waals surface area contributed by atoms with Crippen LogP contribution in [0.4, 0.5) is 0 Å². The number of hydrogen-bond donors (Lipinski definition) is 3. The molecule has 0 aromatic carbocycles. The number of rotatable bonds is 56. The number of nitrogens with one attached hydrogen (secondary N) is 1. The highest BCUT2D eigenvalue weighted by Crippen LogP contribution is 2.43. The predicted octanol–water partition coefficient (Wildman–Crippen LogP) is 18.2. The van der Waals surface area contributed by atoms with Crippen molar-refractivity contribution >= 4 is 13.7 Å². The Balaban J connectivity index is 3.94. The SMILES string of the molecule is CCCCCCCCCCCCC/C=C/[C@@H](O)[C@H](COP(=O)(O)OCC[N+](C)(C)C)NC(=O)CCCCCCCCCCCCCCCCCCCCCCCCCCCCCCCCCCC. The van der Waals surface area contributed by atoms with E-state index in [1.165, 1.54) is 250 Å². The average molecular weight is 985 g/mol. The normalized spacial score (nSPS) is 13.9. The van der Waals surface area contributed by atoms with E-state index >= 15 is 0 Å². The lowest BCUT2D eigenvalue weighted by Crippen LogP contribution is -2.45. The molecule has 0 saturated carbocycles. The lowest BCUT2D eigenvalue weighted by Gasteiger charge is -2.25. The van der Waals surface area contributed by atoms with Crippen molar-refractivity contribution in [3.05, 3.63) is 12.2 Å². The van der Waals surface area contributed by atoms with E-state index < -0.39 is 20.0 Å². The van der Waals surface area contributed by atoms with E-state index in [9.17, 15) is 19.4 Å². The van der Waals surface area contributed by atoms with Gasteiger partial charge in [0.05, 0.1) is 39.9 Å². The molecule has 0 fully saturated rings. The first-order chi connectivity index (χ1) is 33.0. The summed E-state index contributed by atoms with van der Waals surface area (Å²) >= 11 is 0. The van der Waals surface area contributed by atoms with E-state index in [1.807, 2.05) is 27.2 Å². The zero-order valence-electron chi connectivity index (χ0n) is 46.4. The molecule has 0 aliphatic carbocycles. The molecule has 8 nitrogen and oxygen atoms in total. The molecule has 0 aromatic rings. The van der Waals surface area contributed by atoms with E-state index in [1.54, 1.807) is 6.08 Å². The Morgan fingerprint density at radius 1 is 0.485 bits per heavy atom. The van der Waals surface area contributed by atoms with Crippen molar-refractivity contribution in [2.24, 2.45) is 0 Å². The van der Waals surface area contributed by atoms with Gasteiger partial charge in [0, 0.05) is 6.42 Å². The summed E-state index contributed by atoms with van der Waals surface area (Å²) in [5.74, 6) is -0.170. The Hall–Kier alpha value is -0.760. The second-order valence-corrected chi connectivity index (χ2v) is 23.5. The summed E-state index contributed by atoms with van der Waals surface area (Å²) in [7, 11) is 1.59. The van der Waals surface area contributed by atoms with Crippen LogP contribution in [0.3, 0.4) is 0 Å². The number of carbonyl (C=O) groups is 1. The Bertz CT molecular complexity index is 1120. The van der Waals surface area contributed by atoms with Crippen LogP contribution >= 0.6 is 7.82 Å². The van der Waals surface area contributed by atoms with E-state index in [4.69, 9.17) is 9.05 Å². The minimum atomic E-state index is -4.34. The Morgan fingerprint density at radius 3 is 1.09 bits per heavy atom. The van der Waals surface area contributed by atoms with Crippen LogP contribution in [0.5, 0.6) is 0 Å². The van der Waals surface area contributed by atoms with E-state index in [0.717, 1.165) is 38.5 Å². The number of allylic oxidation sites excluding steroid dienone is 1. The maximum Gasteiger partial charge on any atom is 0.472 e. The van der Waals surface area contributed by atoms with Gasteiger partial charge < -0.3 is 19.8 Å². The third kappa shape index (κ3) is 53.0. The standard InChI is InChI=1S/C59H119N2O6P/c1-6-8-10-12-14-16-18-20-21-22-23-24-25-26-27-28-29-30-31-32-33-34-35-36-37-38-39-41-43-45-47-49-51-53-59(63)60-57(56-67-68(64,65)66-55-54-61(3,4)5)58(62)52-50-48-46-44-42-40-19-17-15-13-11-9-7-2/h50,52,57-58,62H,6-49,51,53-56H2,1-5H3,(H-,60,63,64,65)/p+1/b52-50+/t57-,58+/m0/s1. The number of unbranched alkanes of at least 4 members (excludes halogenated alkanes) is 43. The van der Waals surface area contributed by atoms with Crippen molar-refractivity contribution in [3.8, 4) is 0 Å². The molecule has 0 radical (unpaired) electrons. The highest BCUT2D eigenvalue weighted by molar-refractivity contribution is 7.47. The molecular formula is C59H120N2O6P+. The number of phosphoric acid groups is 1. The number of nitrogens with zero attached hydrogens (tertiary/aromatic N) is 1. The molecule has 406 valence electrons. The van der Waals surface area contributed by atoms with E-state index in [0.29, 0.717) is 17.4 Å². The smallest absolute Gasteiger partial charge is 0.387 e. The van der Waals surface area contributed by atoms with Crippen molar-refractivity contribution in [2.75, 3.05) is 40.9 Å². The summed E-state index contributed by atoms with van der Waals surface area (Å²) in [4.78, 5) is 23.3. The van der Waals surface area contributed by atoms with E-state index in [-0.39, 0.29) is 19.1 Å². The zero-order chi connectivity index (χ0) is 49.9. The van der Waals surface area contributed by atoms with Crippen LogP contribution in [0, 0.1) is 0 Å². The van der Waals surface area contributed by atoms with Gasteiger partial charge >= 0.3 is 7.82 Å². The molecule has 0 spiro atoms. The molecule has 0 aliphatic heterocycles. The number of carbonyl (C=O) groups excluding carboxylic acids is 1. The third-order valence-electron chi connectivity index (χ3n) is 14.0. The van der Waals surface area contributed by atoms with Crippen LogP contribution < -0.4 is 5.32 Å². The van der Waals surface area contributed by atoms with Crippen molar-refractivity contribution in [1.82, 2.24) is 5.32 Å². The molecule has 68 heavy (non-hydrogen) atoms. The Labute approximate surface area is 424 Å². The van der Waals surface area contributed by atoms with Gasteiger partial charge in [0.25, 0.3) is 0 Å². The lowest BCUT2D eigenvalue weighted by molar-refractivity contribution is -0.870. The van der Waals surface area contributed by atoms with Gasteiger partial charge in [-0.15, -0.1) is 0 Å². The number of aliphatic hydroxyl groups excluding tert-OH is 1. The van der Waals surface area contributed by atoms with Crippen LogP contribution in [0.15, 0.2) is 12.2 Å². The number of phosphoric ester groups is 1. The quantitative estimate of drug-likeness (QED) is 0.0243. The van der Waals surface area contributed by atoms with Gasteiger partial charge in [0.15, 0.2) is 0 Å². The molecular weight excluding hydrogens is 864 g/mol. The highest BCUT2D eigenvalue weighted by atomic mass is 31.2. The molecule has 0 heterocycles. The minimum absolute atomic E-state index is 0.0649. The maximum absolute atomic E-state index is 13.0. The first kappa shape index (κ1) is 67.2. The molecule has 3 atom stereocenters. The van der Waals surface area contributed by atoms with Crippen molar-refractivity contribution in [1.29, 1.82) is 0 Å². The van der Waals surface area contributed by atoms with Crippen LogP contribution in [-0.2, 0) is 18.4 Å². The van der Waals surface area contributed by atoms with Crippen molar-refractivity contribution < 1.29 is 32.9 Å². The lowest BCUT2D eigenvalue weighted by atomic mass is 10.0. The number of hydrogen-bond acceptors (Lipinski definition) is 5. The fourth-order valence-corrected chi connectivity index (χ4v) is 10.0. The summed E-state index contributed by atoms with van der Waals surface area (Å²) in [6.45, 7) is 4.85. The highest BCUT2D eigenvalue weighted by Gasteiger charge is 2.27. The second-order valence-electron chi connectivity index (χ2n) is 22.1. The van der Waals surface area contributed by atoms with Crippen molar-refractivity contribution in [2.45, 2.75) is 321 Å². The third-order valence-corrected chi connectivity index (χ3v) is 15.0. The van der Waals surface area contributed by atoms with Gasteiger partial charge in [-0.05, 0) is 19.3 Å². The van der Waals surface area contributed by atoms with E-state index in [2.05, 4.69) is 19.2 Å². The number of aliphatic hydroxyl groups is 1. The predicted molar refractivity (Wildman–Crippen MR) is 295 cm³/mol. The van der Waals surface area contributed by atoms with Crippen LogP contribution in [-0.4, -0.2) is 73.4 Å². The first-order valence-electron chi connectivity index (χ1n) is 30.1.